The zero-order chi connectivity index (χ0) is 14.0. The van der Waals surface area contributed by atoms with E-state index < -0.39 is 5.60 Å². The van der Waals surface area contributed by atoms with E-state index in [-0.39, 0.29) is 6.04 Å². The molecule has 1 aromatic rings. The minimum atomic E-state index is -0.556. The number of benzene rings is 1. The average Bonchev–Trinajstić information content (AvgIpc) is 2.48. The summed E-state index contributed by atoms with van der Waals surface area (Å²) in [6, 6.07) is 9.85. The van der Waals surface area contributed by atoms with E-state index in [1.807, 2.05) is 24.3 Å². The third kappa shape index (κ3) is 2.41. The van der Waals surface area contributed by atoms with Crippen molar-refractivity contribution in [1.29, 1.82) is 5.26 Å². The SMILES string of the molecule is N#Cc1cccc(N[C@H]2CCCC3CCCCC32O)c1. The maximum atomic E-state index is 11.1. The van der Waals surface area contributed by atoms with Crippen LogP contribution in [0.5, 0.6) is 0 Å². The summed E-state index contributed by atoms with van der Waals surface area (Å²) in [4.78, 5) is 0. The fourth-order valence-corrected chi connectivity index (χ4v) is 4.00. The van der Waals surface area contributed by atoms with Crippen LogP contribution in [0.1, 0.15) is 50.5 Å². The van der Waals surface area contributed by atoms with Gasteiger partial charge in [-0.15, -0.1) is 0 Å². The van der Waals surface area contributed by atoms with Crippen LogP contribution in [0.4, 0.5) is 5.69 Å². The quantitative estimate of drug-likeness (QED) is 0.865. The molecule has 2 fully saturated rings. The van der Waals surface area contributed by atoms with Gasteiger partial charge in [-0.25, -0.2) is 0 Å². The Morgan fingerprint density at radius 2 is 2.05 bits per heavy atom. The highest BCUT2D eigenvalue weighted by Gasteiger charge is 2.47. The first kappa shape index (κ1) is 13.5. The molecule has 0 aliphatic heterocycles. The molecule has 1 aromatic carbocycles. The van der Waals surface area contributed by atoms with Crippen molar-refractivity contribution in [2.45, 2.75) is 56.6 Å². The van der Waals surface area contributed by atoms with Crippen LogP contribution in [-0.4, -0.2) is 16.7 Å². The number of nitrogens with zero attached hydrogens (tertiary/aromatic N) is 1. The van der Waals surface area contributed by atoms with Crippen molar-refractivity contribution in [3.05, 3.63) is 29.8 Å². The lowest BCUT2D eigenvalue weighted by molar-refractivity contribution is -0.0835. The number of fused-ring (bicyclic) bond motifs is 1. The number of aliphatic hydroxyl groups is 1. The van der Waals surface area contributed by atoms with E-state index in [9.17, 15) is 5.11 Å². The lowest BCUT2D eigenvalue weighted by atomic mass is 9.65. The third-order valence-corrected chi connectivity index (χ3v) is 5.07. The molecule has 20 heavy (non-hydrogen) atoms. The molecular weight excluding hydrogens is 248 g/mol. The molecule has 3 rings (SSSR count). The maximum absolute atomic E-state index is 11.1. The number of anilines is 1. The number of nitriles is 1. The second-order valence-electron chi connectivity index (χ2n) is 6.25. The van der Waals surface area contributed by atoms with Crippen LogP contribution in [0.2, 0.25) is 0 Å². The van der Waals surface area contributed by atoms with Crippen LogP contribution in [0.3, 0.4) is 0 Å². The highest BCUT2D eigenvalue weighted by atomic mass is 16.3. The van der Waals surface area contributed by atoms with Crippen molar-refractivity contribution in [3.63, 3.8) is 0 Å². The van der Waals surface area contributed by atoms with Gasteiger partial charge in [0.1, 0.15) is 0 Å². The lowest BCUT2D eigenvalue weighted by Crippen LogP contribution is -2.56. The number of nitrogens with one attached hydrogen (secondary N) is 1. The molecule has 3 nitrogen and oxygen atoms in total. The fraction of sp³-hybridized carbons (Fsp3) is 0.588. The van der Waals surface area contributed by atoms with Crippen molar-refractivity contribution in [2.24, 2.45) is 5.92 Å². The average molecular weight is 270 g/mol. The van der Waals surface area contributed by atoms with Crippen molar-refractivity contribution in [1.82, 2.24) is 0 Å². The van der Waals surface area contributed by atoms with Gasteiger partial charge in [-0.05, 0) is 49.8 Å². The summed E-state index contributed by atoms with van der Waals surface area (Å²) in [6.45, 7) is 0. The van der Waals surface area contributed by atoms with Crippen molar-refractivity contribution in [3.8, 4) is 6.07 Å². The molecule has 2 saturated carbocycles. The molecular formula is C17H22N2O. The van der Waals surface area contributed by atoms with Gasteiger partial charge in [0, 0.05) is 5.69 Å². The summed E-state index contributed by atoms with van der Waals surface area (Å²) in [5, 5.41) is 23.6. The standard InChI is InChI=1S/C17H22N2O/c18-12-13-5-3-8-15(11-13)19-16-9-4-7-14-6-1-2-10-17(14,16)20/h3,5,8,11,14,16,19-20H,1-2,4,6-7,9-10H2/t14?,16-,17?/m0/s1. The van der Waals surface area contributed by atoms with E-state index in [1.165, 1.54) is 12.8 Å². The van der Waals surface area contributed by atoms with Crippen molar-refractivity contribution in [2.75, 3.05) is 5.32 Å². The van der Waals surface area contributed by atoms with Crippen LogP contribution in [0.25, 0.3) is 0 Å². The fourth-order valence-electron chi connectivity index (χ4n) is 4.00. The molecule has 0 amide bonds. The Kier molecular flexibility index (Phi) is 3.67. The minimum absolute atomic E-state index is 0.121. The second kappa shape index (κ2) is 5.46. The van der Waals surface area contributed by atoms with E-state index in [2.05, 4.69) is 11.4 Å². The Labute approximate surface area is 120 Å². The Morgan fingerprint density at radius 1 is 1.20 bits per heavy atom. The first-order valence-electron chi connectivity index (χ1n) is 7.71. The lowest BCUT2D eigenvalue weighted by Gasteiger charge is -2.49. The minimum Gasteiger partial charge on any atom is -0.387 e. The molecule has 0 aromatic heterocycles. The number of rotatable bonds is 2. The predicted octanol–water partition coefficient (Wildman–Crippen LogP) is 3.44. The summed E-state index contributed by atoms with van der Waals surface area (Å²) in [5.74, 6) is 0.446. The molecule has 0 spiro atoms. The number of hydrogen-bond donors (Lipinski definition) is 2. The van der Waals surface area contributed by atoms with Crippen LogP contribution >= 0.6 is 0 Å². The number of hydrogen-bond acceptors (Lipinski definition) is 3. The molecule has 0 bridgehead atoms. The van der Waals surface area contributed by atoms with Gasteiger partial charge < -0.3 is 10.4 Å². The van der Waals surface area contributed by atoms with Gasteiger partial charge >= 0.3 is 0 Å². The molecule has 3 heteroatoms. The Balaban J connectivity index is 1.80. The summed E-state index contributed by atoms with van der Waals surface area (Å²) >= 11 is 0. The van der Waals surface area contributed by atoms with Crippen LogP contribution in [0.15, 0.2) is 24.3 Å². The summed E-state index contributed by atoms with van der Waals surface area (Å²) in [7, 11) is 0. The van der Waals surface area contributed by atoms with Gasteiger partial charge in [0.05, 0.1) is 23.3 Å². The first-order chi connectivity index (χ1) is 9.72. The molecule has 0 saturated heterocycles. The van der Waals surface area contributed by atoms with Crippen LogP contribution in [-0.2, 0) is 0 Å². The van der Waals surface area contributed by atoms with Crippen molar-refractivity contribution < 1.29 is 5.11 Å². The predicted molar refractivity (Wildman–Crippen MR) is 79.3 cm³/mol. The van der Waals surface area contributed by atoms with Crippen LogP contribution < -0.4 is 5.32 Å². The second-order valence-corrected chi connectivity index (χ2v) is 6.25. The molecule has 2 N–H and O–H groups in total. The molecule has 106 valence electrons. The summed E-state index contributed by atoms with van der Waals surface area (Å²) in [6.07, 6.45) is 7.81. The zero-order valence-electron chi connectivity index (χ0n) is 11.8. The summed E-state index contributed by atoms with van der Waals surface area (Å²) < 4.78 is 0. The van der Waals surface area contributed by atoms with Gasteiger partial charge in [0.25, 0.3) is 0 Å². The molecule has 3 atom stereocenters. The van der Waals surface area contributed by atoms with E-state index in [0.29, 0.717) is 11.5 Å². The molecule has 2 aliphatic carbocycles. The Hall–Kier alpha value is -1.53. The highest BCUT2D eigenvalue weighted by Crippen LogP contribution is 2.44. The van der Waals surface area contributed by atoms with E-state index >= 15 is 0 Å². The first-order valence-corrected chi connectivity index (χ1v) is 7.71. The van der Waals surface area contributed by atoms with Gasteiger partial charge in [-0.2, -0.15) is 5.26 Å². The molecule has 2 unspecified atom stereocenters. The zero-order valence-corrected chi connectivity index (χ0v) is 11.8. The molecule has 0 heterocycles. The maximum Gasteiger partial charge on any atom is 0.0992 e. The van der Waals surface area contributed by atoms with E-state index in [1.54, 1.807) is 0 Å². The van der Waals surface area contributed by atoms with Gasteiger partial charge in [0.2, 0.25) is 0 Å². The Bertz CT molecular complexity index is 520. The van der Waals surface area contributed by atoms with Crippen molar-refractivity contribution >= 4 is 5.69 Å². The molecule has 2 aliphatic rings. The van der Waals surface area contributed by atoms with Gasteiger partial charge in [0.15, 0.2) is 0 Å². The summed E-state index contributed by atoms with van der Waals surface area (Å²) in [5.41, 5.74) is 1.06. The Morgan fingerprint density at radius 3 is 2.90 bits per heavy atom. The third-order valence-electron chi connectivity index (χ3n) is 5.07. The van der Waals surface area contributed by atoms with Gasteiger partial charge in [-0.1, -0.05) is 25.3 Å². The van der Waals surface area contributed by atoms with Crippen LogP contribution in [0, 0.1) is 17.2 Å². The van der Waals surface area contributed by atoms with Gasteiger partial charge in [-0.3, -0.25) is 0 Å². The highest BCUT2D eigenvalue weighted by molar-refractivity contribution is 5.50. The monoisotopic (exact) mass is 270 g/mol. The van der Waals surface area contributed by atoms with E-state index in [0.717, 1.165) is 37.8 Å². The largest absolute Gasteiger partial charge is 0.387 e. The normalized spacial score (nSPS) is 33.0. The van der Waals surface area contributed by atoms with E-state index in [4.69, 9.17) is 5.26 Å². The molecule has 0 radical (unpaired) electrons. The smallest absolute Gasteiger partial charge is 0.0992 e. The topological polar surface area (TPSA) is 56.0 Å².